The van der Waals surface area contributed by atoms with Crippen LogP contribution in [0.4, 0.5) is 8.78 Å². The number of alkyl halides is 1. The monoisotopic (exact) mass is 248 g/mol. The van der Waals surface area contributed by atoms with Crippen molar-refractivity contribution in [3.63, 3.8) is 0 Å². The number of hydrogen-bond acceptors (Lipinski definition) is 0. The van der Waals surface area contributed by atoms with Gasteiger partial charge in [-0.15, -0.1) is 0 Å². The fourth-order valence-electron chi connectivity index (χ4n) is 1.10. The van der Waals surface area contributed by atoms with Crippen LogP contribution in [0.5, 0.6) is 0 Å². The summed E-state index contributed by atoms with van der Waals surface area (Å²) in [4.78, 5) is 0. The Bertz CT molecular complexity index is 308. The van der Waals surface area contributed by atoms with E-state index in [0.717, 1.165) is 6.07 Å². The van der Waals surface area contributed by atoms with E-state index in [-0.39, 0.29) is 5.41 Å². The lowest BCUT2D eigenvalue weighted by molar-refractivity contribution is 0.468. The molecule has 0 aliphatic carbocycles. The van der Waals surface area contributed by atoms with E-state index in [1.165, 1.54) is 6.07 Å². The molecule has 0 aromatic heterocycles. The zero-order valence-electron chi connectivity index (χ0n) is 7.57. The predicted octanol–water partition coefficient (Wildman–Crippen LogP) is 3.64. The third-order valence-corrected chi connectivity index (χ3v) is 3.42. The van der Waals surface area contributed by atoms with Crippen LogP contribution in [0.1, 0.15) is 19.4 Å². The molecule has 3 heteroatoms. The van der Waals surface area contributed by atoms with Gasteiger partial charge in [-0.3, -0.25) is 0 Å². The highest BCUT2D eigenvalue weighted by Crippen LogP contribution is 2.28. The van der Waals surface area contributed by atoms with Crippen LogP contribution in [0, 0.1) is 11.6 Å². The molecule has 0 spiro atoms. The van der Waals surface area contributed by atoms with Crippen LogP contribution in [0.15, 0.2) is 18.2 Å². The normalized spacial score (nSPS) is 11.8. The van der Waals surface area contributed by atoms with E-state index in [1.54, 1.807) is 6.07 Å². The topological polar surface area (TPSA) is 0 Å². The first-order valence-corrected chi connectivity index (χ1v) is 5.11. The lowest BCUT2D eigenvalue weighted by atomic mass is 9.86. The highest BCUT2D eigenvalue weighted by atomic mass is 79.9. The van der Waals surface area contributed by atoms with Crippen molar-refractivity contribution < 1.29 is 8.78 Å². The molecule has 0 aliphatic rings. The van der Waals surface area contributed by atoms with E-state index >= 15 is 0 Å². The molecule has 72 valence electrons. The summed E-state index contributed by atoms with van der Waals surface area (Å²) in [6.45, 7) is 3.72. The number of halogens is 3. The third kappa shape index (κ3) is 2.08. The van der Waals surface area contributed by atoms with Crippen molar-refractivity contribution in [2.24, 2.45) is 0 Å². The summed E-state index contributed by atoms with van der Waals surface area (Å²) in [5.41, 5.74) is 0.0241. The molecule has 0 atom stereocenters. The van der Waals surface area contributed by atoms with Crippen molar-refractivity contribution in [3.05, 3.63) is 35.4 Å². The van der Waals surface area contributed by atoms with E-state index in [0.29, 0.717) is 10.9 Å². The Morgan fingerprint density at radius 2 is 1.92 bits per heavy atom. The van der Waals surface area contributed by atoms with Crippen molar-refractivity contribution in [2.75, 3.05) is 5.33 Å². The van der Waals surface area contributed by atoms with Crippen LogP contribution in [-0.4, -0.2) is 5.33 Å². The van der Waals surface area contributed by atoms with Gasteiger partial charge in [-0.2, -0.15) is 0 Å². The van der Waals surface area contributed by atoms with E-state index in [1.807, 2.05) is 13.8 Å². The van der Waals surface area contributed by atoms with Gasteiger partial charge >= 0.3 is 0 Å². The van der Waals surface area contributed by atoms with Crippen LogP contribution in [0.25, 0.3) is 0 Å². The van der Waals surface area contributed by atoms with E-state index in [4.69, 9.17) is 0 Å². The fourth-order valence-corrected chi connectivity index (χ4v) is 1.40. The highest BCUT2D eigenvalue weighted by molar-refractivity contribution is 9.09. The summed E-state index contributed by atoms with van der Waals surface area (Å²) in [6, 6.07) is 4.26. The van der Waals surface area contributed by atoms with Gasteiger partial charge in [-0.25, -0.2) is 8.78 Å². The minimum Gasteiger partial charge on any atom is -0.204 e. The maximum absolute atomic E-state index is 13.3. The van der Waals surface area contributed by atoms with Crippen molar-refractivity contribution >= 4 is 15.9 Å². The predicted molar refractivity (Wildman–Crippen MR) is 53.2 cm³/mol. The lowest BCUT2D eigenvalue weighted by Crippen LogP contribution is -2.21. The maximum Gasteiger partial charge on any atom is 0.162 e. The molecule has 0 unspecified atom stereocenters. The summed E-state index contributed by atoms with van der Waals surface area (Å²) < 4.78 is 26.1. The van der Waals surface area contributed by atoms with Gasteiger partial charge in [-0.05, 0) is 11.6 Å². The first kappa shape index (κ1) is 10.6. The Hall–Kier alpha value is -0.440. The first-order valence-electron chi connectivity index (χ1n) is 3.99. The fraction of sp³-hybridized carbons (Fsp3) is 0.400. The quantitative estimate of drug-likeness (QED) is 0.702. The van der Waals surface area contributed by atoms with Gasteiger partial charge < -0.3 is 0 Å². The molecule has 1 aromatic rings. The molecule has 0 radical (unpaired) electrons. The van der Waals surface area contributed by atoms with Gasteiger partial charge in [0.1, 0.15) is 0 Å². The summed E-state index contributed by atoms with van der Waals surface area (Å²) in [6.07, 6.45) is 0. The van der Waals surface area contributed by atoms with Crippen LogP contribution >= 0.6 is 15.9 Å². The summed E-state index contributed by atoms with van der Waals surface area (Å²) >= 11 is 3.28. The van der Waals surface area contributed by atoms with Crippen LogP contribution < -0.4 is 0 Å². The summed E-state index contributed by atoms with van der Waals surface area (Å²) in [5.74, 6) is -1.53. The van der Waals surface area contributed by atoms with Crippen molar-refractivity contribution in [1.82, 2.24) is 0 Å². The zero-order chi connectivity index (χ0) is 10.1. The number of rotatable bonds is 2. The molecule has 13 heavy (non-hydrogen) atoms. The molecule has 0 amide bonds. The second kappa shape index (κ2) is 3.74. The van der Waals surface area contributed by atoms with Gasteiger partial charge in [0.05, 0.1) is 0 Å². The SMILES string of the molecule is CC(C)(CBr)c1cccc(F)c1F. The Balaban J connectivity index is 3.22. The molecule has 0 nitrogen and oxygen atoms in total. The number of benzene rings is 1. The zero-order valence-corrected chi connectivity index (χ0v) is 9.16. The number of hydrogen-bond donors (Lipinski definition) is 0. The molecule has 0 N–H and O–H groups in total. The smallest absolute Gasteiger partial charge is 0.162 e. The molecule has 0 fully saturated rings. The molecule has 0 saturated carbocycles. The molecular formula is C10H11BrF2. The van der Waals surface area contributed by atoms with E-state index < -0.39 is 11.6 Å². The van der Waals surface area contributed by atoms with E-state index in [2.05, 4.69) is 15.9 Å². The van der Waals surface area contributed by atoms with Gasteiger partial charge in [0.25, 0.3) is 0 Å². The van der Waals surface area contributed by atoms with Crippen molar-refractivity contribution in [1.29, 1.82) is 0 Å². The van der Waals surface area contributed by atoms with E-state index in [9.17, 15) is 8.78 Å². The lowest BCUT2D eigenvalue weighted by Gasteiger charge is -2.22. The summed E-state index contributed by atoms with van der Waals surface area (Å²) in [5, 5.41) is 0.598. The average molecular weight is 249 g/mol. The Kier molecular flexibility index (Phi) is 3.06. The van der Waals surface area contributed by atoms with Crippen LogP contribution in [0.3, 0.4) is 0 Å². The summed E-state index contributed by atoms with van der Waals surface area (Å²) in [7, 11) is 0. The van der Waals surface area contributed by atoms with Crippen molar-refractivity contribution in [2.45, 2.75) is 19.3 Å². The average Bonchev–Trinajstić information content (AvgIpc) is 2.09. The molecular weight excluding hydrogens is 238 g/mol. The second-order valence-electron chi connectivity index (χ2n) is 3.62. The van der Waals surface area contributed by atoms with Crippen molar-refractivity contribution in [3.8, 4) is 0 Å². The molecule has 0 heterocycles. The highest BCUT2D eigenvalue weighted by Gasteiger charge is 2.24. The minimum absolute atomic E-state index is 0.383. The first-order chi connectivity index (χ1) is 5.99. The van der Waals surface area contributed by atoms with Gasteiger partial charge in [0, 0.05) is 10.7 Å². The third-order valence-electron chi connectivity index (χ3n) is 2.01. The molecule has 0 aliphatic heterocycles. The standard InChI is InChI=1S/C10H11BrF2/c1-10(2,6-11)7-4-3-5-8(12)9(7)13/h3-5H,6H2,1-2H3. The largest absolute Gasteiger partial charge is 0.204 e. The Morgan fingerprint density at radius 1 is 1.31 bits per heavy atom. The van der Waals surface area contributed by atoms with Crippen LogP contribution in [-0.2, 0) is 5.41 Å². The minimum atomic E-state index is -0.786. The molecule has 1 rings (SSSR count). The molecule has 0 bridgehead atoms. The molecule has 1 aromatic carbocycles. The van der Waals surface area contributed by atoms with Crippen LogP contribution in [0.2, 0.25) is 0 Å². The second-order valence-corrected chi connectivity index (χ2v) is 4.18. The Labute approximate surface area is 85.1 Å². The van der Waals surface area contributed by atoms with Gasteiger partial charge in [-0.1, -0.05) is 41.9 Å². The maximum atomic E-state index is 13.3. The van der Waals surface area contributed by atoms with Gasteiger partial charge in [0.15, 0.2) is 11.6 Å². The Morgan fingerprint density at radius 3 is 2.46 bits per heavy atom. The molecule has 0 saturated heterocycles. The van der Waals surface area contributed by atoms with Gasteiger partial charge in [0.2, 0.25) is 0 Å².